The van der Waals surface area contributed by atoms with Crippen LogP contribution in [0.25, 0.3) is 0 Å². The highest BCUT2D eigenvalue weighted by Gasteiger charge is 2.30. The van der Waals surface area contributed by atoms with Crippen molar-refractivity contribution >= 4 is 15.9 Å². The molecule has 2 rings (SSSR count). The monoisotopic (exact) mass is 277 g/mol. The summed E-state index contributed by atoms with van der Waals surface area (Å²) in [5.74, 6) is 3.40. The Labute approximate surface area is 106 Å². The van der Waals surface area contributed by atoms with Crippen molar-refractivity contribution in [2.45, 2.75) is 37.8 Å². The van der Waals surface area contributed by atoms with E-state index in [0.717, 1.165) is 0 Å². The van der Waals surface area contributed by atoms with Crippen LogP contribution >= 0.6 is 15.9 Å². The first-order valence-corrected chi connectivity index (χ1v) is 6.46. The molecule has 0 saturated heterocycles. The first kappa shape index (κ1) is 11.7. The van der Waals surface area contributed by atoms with Crippen molar-refractivity contribution in [1.29, 1.82) is 0 Å². The van der Waals surface area contributed by atoms with E-state index in [2.05, 4.69) is 51.4 Å². The van der Waals surface area contributed by atoms with E-state index >= 15 is 0 Å². The fourth-order valence-electron chi connectivity index (χ4n) is 2.19. The van der Waals surface area contributed by atoms with Gasteiger partial charge in [-0.2, -0.15) is 0 Å². The minimum Gasteiger partial charge on any atom is -0.301 e. The Morgan fingerprint density at radius 3 is 2.88 bits per heavy atom. The Bertz CT molecular complexity index is 401. The third-order valence-corrected chi connectivity index (χ3v) is 3.69. The molecule has 0 aliphatic heterocycles. The van der Waals surface area contributed by atoms with Gasteiger partial charge >= 0.3 is 0 Å². The molecule has 1 nitrogen and oxygen atoms in total. The minimum atomic E-state index is 0.188. The molecule has 16 heavy (non-hydrogen) atoms. The predicted octanol–water partition coefficient (Wildman–Crippen LogP) is 3.31. The molecule has 0 amide bonds. The Balaban J connectivity index is 1.87. The Kier molecular flexibility index (Phi) is 3.68. The van der Waals surface area contributed by atoms with Crippen molar-refractivity contribution in [2.24, 2.45) is 0 Å². The van der Waals surface area contributed by atoms with Crippen LogP contribution in [-0.2, 0) is 0 Å². The molecular weight excluding hydrogens is 262 g/mol. The molecule has 1 aromatic carbocycles. The number of hydrogen-bond donors (Lipinski definition) is 1. The van der Waals surface area contributed by atoms with E-state index in [4.69, 9.17) is 6.42 Å². The molecule has 0 bridgehead atoms. The molecule has 1 aliphatic carbocycles. The van der Waals surface area contributed by atoms with Gasteiger partial charge in [0.15, 0.2) is 0 Å². The summed E-state index contributed by atoms with van der Waals surface area (Å²) in [5.41, 5.74) is 1.43. The molecule has 1 N–H and O–H groups in total. The summed E-state index contributed by atoms with van der Waals surface area (Å²) in [6.45, 7) is 2.03. The lowest BCUT2D eigenvalue weighted by molar-refractivity contribution is 0.284. The highest BCUT2D eigenvalue weighted by molar-refractivity contribution is 9.10. The molecule has 2 heteroatoms. The van der Waals surface area contributed by atoms with E-state index in [-0.39, 0.29) is 6.04 Å². The number of benzene rings is 1. The van der Waals surface area contributed by atoms with Crippen LogP contribution < -0.4 is 5.32 Å². The molecule has 0 radical (unpaired) electrons. The average molecular weight is 278 g/mol. The van der Waals surface area contributed by atoms with Gasteiger partial charge in [0.05, 0.1) is 6.04 Å². The van der Waals surface area contributed by atoms with Crippen LogP contribution in [0.3, 0.4) is 0 Å². The summed E-state index contributed by atoms with van der Waals surface area (Å²) in [5, 5.41) is 3.43. The molecule has 1 aliphatic rings. The third kappa shape index (κ3) is 2.66. The maximum atomic E-state index is 5.35. The summed E-state index contributed by atoms with van der Waals surface area (Å²) in [6.07, 6.45) is 7.74. The Morgan fingerprint density at radius 1 is 1.50 bits per heavy atom. The summed E-state index contributed by atoms with van der Waals surface area (Å²) in [7, 11) is 0. The number of rotatable bonds is 3. The van der Waals surface area contributed by atoms with Gasteiger partial charge in [-0.15, -0.1) is 6.42 Å². The lowest BCUT2D eigenvalue weighted by atomic mass is 9.75. The zero-order valence-corrected chi connectivity index (χ0v) is 11.0. The summed E-state index contributed by atoms with van der Waals surface area (Å²) >= 11 is 3.51. The lowest BCUT2D eigenvalue weighted by Gasteiger charge is -2.37. The van der Waals surface area contributed by atoms with Gasteiger partial charge in [-0.05, 0) is 43.4 Å². The minimum absolute atomic E-state index is 0.188. The number of nitrogens with one attached hydrogen (secondary N) is 1. The lowest BCUT2D eigenvalue weighted by Crippen LogP contribution is -2.43. The fourth-order valence-corrected chi connectivity index (χ4v) is 2.61. The molecule has 1 aromatic rings. The van der Waals surface area contributed by atoms with E-state index in [1.807, 2.05) is 6.92 Å². The molecule has 0 aromatic heterocycles. The second kappa shape index (κ2) is 5.03. The summed E-state index contributed by atoms with van der Waals surface area (Å²) in [6, 6.07) is 9.37. The van der Waals surface area contributed by atoms with Crippen LogP contribution in [0.5, 0.6) is 0 Å². The quantitative estimate of drug-likeness (QED) is 0.836. The predicted molar refractivity (Wildman–Crippen MR) is 71.3 cm³/mol. The van der Waals surface area contributed by atoms with Crippen molar-refractivity contribution < 1.29 is 0 Å². The highest BCUT2D eigenvalue weighted by Crippen LogP contribution is 2.37. The van der Waals surface area contributed by atoms with Crippen LogP contribution in [-0.4, -0.2) is 12.1 Å². The van der Waals surface area contributed by atoms with Gasteiger partial charge in [0, 0.05) is 10.5 Å². The maximum Gasteiger partial charge on any atom is 0.0660 e. The van der Waals surface area contributed by atoms with E-state index in [1.54, 1.807) is 0 Å². The fraction of sp³-hybridized carbons (Fsp3) is 0.429. The first-order valence-electron chi connectivity index (χ1n) is 5.66. The largest absolute Gasteiger partial charge is 0.301 e. The van der Waals surface area contributed by atoms with Crippen LogP contribution in [0.1, 0.15) is 31.2 Å². The first-order chi connectivity index (χ1) is 7.69. The van der Waals surface area contributed by atoms with Crippen LogP contribution in [0.4, 0.5) is 0 Å². The van der Waals surface area contributed by atoms with E-state index in [9.17, 15) is 0 Å². The van der Waals surface area contributed by atoms with Crippen LogP contribution in [0, 0.1) is 12.3 Å². The van der Waals surface area contributed by atoms with Gasteiger partial charge in [0.2, 0.25) is 0 Å². The number of terminal acetylenes is 1. The van der Waals surface area contributed by atoms with Crippen LogP contribution in [0.2, 0.25) is 0 Å². The highest BCUT2D eigenvalue weighted by atomic mass is 79.9. The number of halogens is 1. The van der Waals surface area contributed by atoms with Gasteiger partial charge in [-0.3, -0.25) is 0 Å². The average Bonchev–Trinajstić information content (AvgIpc) is 2.22. The van der Waals surface area contributed by atoms with Crippen molar-refractivity contribution in [3.63, 3.8) is 0 Å². The van der Waals surface area contributed by atoms with E-state index in [0.29, 0.717) is 12.0 Å². The molecular formula is C14H16BrN. The maximum absolute atomic E-state index is 5.35. The third-order valence-electron chi connectivity index (χ3n) is 3.19. The topological polar surface area (TPSA) is 12.0 Å². The Hall–Kier alpha value is -0.780. The molecule has 84 valence electrons. The van der Waals surface area contributed by atoms with Crippen molar-refractivity contribution in [3.8, 4) is 12.3 Å². The van der Waals surface area contributed by atoms with E-state index < -0.39 is 0 Å². The zero-order chi connectivity index (χ0) is 11.5. The normalized spacial score (nSPS) is 25.6. The SMILES string of the molecule is C#CC(C)NC1CC(c2cccc(Br)c2)C1. The summed E-state index contributed by atoms with van der Waals surface area (Å²) in [4.78, 5) is 0. The Morgan fingerprint density at radius 2 is 2.25 bits per heavy atom. The van der Waals surface area contributed by atoms with Crippen LogP contribution in [0.15, 0.2) is 28.7 Å². The molecule has 0 heterocycles. The molecule has 1 atom stereocenters. The summed E-state index contributed by atoms with van der Waals surface area (Å²) < 4.78 is 1.17. The van der Waals surface area contributed by atoms with Crippen molar-refractivity contribution in [2.75, 3.05) is 0 Å². The number of hydrogen-bond acceptors (Lipinski definition) is 1. The molecule has 0 spiro atoms. The standard InChI is InChI=1S/C14H16BrN/c1-3-10(2)16-14-8-12(9-14)11-5-4-6-13(15)7-11/h1,4-7,10,12,14,16H,8-9H2,2H3. The second-order valence-corrected chi connectivity index (χ2v) is 5.39. The smallest absolute Gasteiger partial charge is 0.0660 e. The van der Waals surface area contributed by atoms with Gasteiger partial charge in [0.1, 0.15) is 0 Å². The van der Waals surface area contributed by atoms with Gasteiger partial charge in [-0.25, -0.2) is 0 Å². The van der Waals surface area contributed by atoms with Crippen molar-refractivity contribution in [3.05, 3.63) is 34.3 Å². The van der Waals surface area contributed by atoms with Gasteiger partial charge < -0.3 is 5.32 Å². The van der Waals surface area contributed by atoms with Gasteiger partial charge in [0.25, 0.3) is 0 Å². The van der Waals surface area contributed by atoms with Crippen molar-refractivity contribution in [1.82, 2.24) is 5.32 Å². The van der Waals surface area contributed by atoms with E-state index in [1.165, 1.54) is 22.9 Å². The zero-order valence-electron chi connectivity index (χ0n) is 9.41. The molecule has 1 fully saturated rings. The molecule has 1 unspecified atom stereocenters. The molecule has 1 saturated carbocycles. The van der Waals surface area contributed by atoms with Gasteiger partial charge in [-0.1, -0.05) is 34.0 Å². The second-order valence-electron chi connectivity index (χ2n) is 4.48.